The summed E-state index contributed by atoms with van der Waals surface area (Å²) in [6, 6.07) is 19.2. The molecule has 0 spiro atoms. The number of nitrogens with one attached hydrogen (secondary N) is 3. The van der Waals surface area contributed by atoms with Gasteiger partial charge in [-0.2, -0.15) is 0 Å². The second kappa shape index (κ2) is 14.2. The number of rotatable bonds is 7. The predicted octanol–water partition coefficient (Wildman–Crippen LogP) is 5.42. The maximum Gasteiger partial charge on any atom is 0.328 e. The van der Waals surface area contributed by atoms with E-state index in [0.29, 0.717) is 11.3 Å². The van der Waals surface area contributed by atoms with E-state index in [4.69, 9.17) is 4.98 Å². The molecule has 1 saturated heterocycles. The van der Waals surface area contributed by atoms with Crippen LogP contribution >= 0.6 is 0 Å². The monoisotopic (exact) mass is 709 g/mol. The van der Waals surface area contributed by atoms with Crippen LogP contribution in [0.25, 0.3) is 44.2 Å². The lowest BCUT2D eigenvalue weighted by Gasteiger charge is -2.23. The van der Waals surface area contributed by atoms with E-state index in [1.807, 2.05) is 31.4 Å². The van der Waals surface area contributed by atoms with Crippen LogP contribution in [0.3, 0.4) is 0 Å². The molecule has 53 heavy (non-hydrogen) atoms. The molecule has 7 rings (SSSR count). The Bertz CT molecular complexity index is 2580. The number of aromatic nitrogens is 4. The number of benzene rings is 3. The van der Waals surface area contributed by atoms with Crippen molar-refractivity contribution in [2.24, 2.45) is 14.1 Å². The van der Waals surface area contributed by atoms with E-state index < -0.39 is 23.7 Å². The molecular weight excluding hydrogens is 673 g/mol. The predicted molar refractivity (Wildman–Crippen MR) is 202 cm³/mol. The molecule has 1 atom stereocenters. The number of carbonyl (C=O) groups excluding carboxylic acids is 3. The molecule has 0 saturated carbocycles. The van der Waals surface area contributed by atoms with Gasteiger partial charge in [0.1, 0.15) is 17.6 Å². The topological polar surface area (TPSA) is 140 Å². The van der Waals surface area contributed by atoms with Gasteiger partial charge in [-0.25, -0.2) is 9.18 Å². The summed E-state index contributed by atoms with van der Waals surface area (Å²) in [4.78, 5) is 58.2. The molecule has 3 aromatic heterocycles. The molecule has 3 N–H and O–H groups in total. The number of piperidine rings is 1. The van der Waals surface area contributed by atoms with Gasteiger partial charge in [0, 0.05) is 49.4 Å². The van der Waals surface area contributed by atoms with Crippen LogP contribution in [0.4, 0.5) is 10.1 Å². The van der Waals surface area contributed by atoms with Crippen LogP contribution in [0.1, 0.15) is 54.2 Å². The quantitative estimate of drug-likeness (QED) is 0.149. The maximum absolute atomic E-state index is 14.4. The summed E-state index contributed by atoms with van der Waals surface area (Å²) in [5, 5.41) is 9.76. The first kappa shape index (κ1) is 34.8. The minimum atomic E-state index is -0.729. The third-order valence-electron chi connectivity index (χ3n) is 9.48. The number of carbonyl (C=O) groups is 3. The van der Waals surface area contributed by atoms with Gasteiger partial charge in [-0.15, -0.1) is 0 Å². The molecule has 1 aliphatic heterocycles. The van der Waals surface area contributed by atoms with Crippen LogP contribution in [0, 0.1) is 17.7 Å². The molecule has 1 fully saturated rings. The molecule has 11 nitrogen and oxygen atoms in total. The number of nitrogens with zero attached hydrogens (tertiary/aromatic N) is 4. The van der Waals surface area contributed by atoms with Gasteiger partial charge in [-0.05, 0) is 82.9 Å². The van der Waals surface area contributed by atoms with Crippen molar-refractivity contribution in [2.75, 3.05) is 11.9 Å². The zero-order valence-corrected chi connectivity index (χ0v) is 29.6. The first-order chi connectivity index (χ1) is 25.5. The highest BCUT2D eigenvalue weighted by molar-refractivity contribution is 6.02. The Labute approximate surface area is 304 Å². The minimum Gasteiger partial charge on any atom is -0.371 e. The van der Waals surface area contributed by atoms with Crippen molar-refractivity contribution in [3.63, 3.8) is 0 Å². The number of imidazole rings is 1. The van der Waals surface area contributed by atoms with E-state index in [1.54, 1.807) is 34.5 Å². The second-order valence-electron chi connectivity index (χ2n) is 13.3. The largest absolute Gasteiger partial charge is 0.371 e. The molecule has 1 aliphatic rings. The summed E-state index contributed by atoms with van der Waals surface area (Å²) in [6.07, 6.45) is 3.88. The Kier molecular flexibility index (Phi) is 9.32. The highest BCUT2D eigenvalue weighted by atomic mass is 19.1. The molecule has 4 heterocycles. The van der Waals surface area contributed by atoms with Crippen molar-refractivity contribution in [3.05, 3.63) is 112 Å². The Morgan fingerprint density at radius 2 is 1.81 bits per heavy atom. The van der Waals surface area contributed by atoms with Crippen molar-refractivity contribution in [2.45, 2.75) is 38.6 Å². The zero-order valence-electron chi connectivity index (χ0n) is 29.6. The molecule has 12 heteroatoms. The average Bonchev–Trinajstić information content (AvgIpc) is 3.37. The van der Waals surface area contributed by atoms with Crippen molar-refractivity contribution in [1.29, 1.82) is 0 Å². The Morgan fingerprint density at radius 1 is 0.981 bits per heavy atom. The second-order valence-corrected chi connectivity index (χ2v) is 13.3. The van der Waals surface area contributed by atoms with Crippen LogP contribution in [-0.4, -0.2) is 49.4 Å². The number of hydrogen-bond donors (Lipinski definition) is 3. The number of imide groups is 1. The number of anilines is 1. The third kappa shape index (κ3) is 6.89. The summed E-state index contributed by atoms with van der Waals surface area (Å²) in [6.45, 7) is 4.28. The van der Waals surface area contributed by atoms with E-state index in [9.17, 15) is 23.6 Å². The number of aryl methyl sites for hydroxylation is 2. The number of halogens is 1. The molecule has 6 aromatic rings. The average molecular weight is 710 g/mol. The van der Waals surface area contributed by atoms with E-state index in [0.717, 1.165) is 44.1 Å². The Morgan fingerprint density at radius 3 is 2.57 bits per heavy atom. The summed E-state index contributed by atoms with van der Waals surface area (Å²) in [7, 11) is 3.61. The molecule has 1 unspecified atom stereocenters. The van der Waals surface area contributed by atoms with Crippen molar-refractivity contribution in [3.8, 4) is 34.2 Å². The van der Waals surface area contributed by atoms with Gasteiger partial charge in [-0.3, -0.25) is 38.8 Å². The van der Waals surface area contributed by atoms with Gasteiger partial charge < -0.3 is 10.6 Å². The van der Waals surface area contributed by atoms with E-state index in [1.165, 1.54) is 18.2 Å². The van der Waals surface area contributed by atoms with E-state index in [2.05, 4.69) is 64.8 Å². The molecular formula is C41H36FN7O4. The summed E-state index contributed by atoms with van der Waals surface area (Å²) in [5.41, 5.74) is 7.12. The lowest BCUT2D eigenvalue weighted by atomic mass is 9.93. The van der Waals surface area contributed by atoms with Crippen LogP contribution in [-0.2, 0) is 23.7 Å². The fraction of sp³-hybridized carbons (Fsp3) is 0.220. The first-order valence-corrected chi connectivity index (χ1v) is 17.2. The van der Waals surface area contributed by atoms with Gasteiger partial charge >= 0.3 is 5.69 Å². The number of hydrogen-bond acceptors (Lipinski definition) is 7. The lowest BCUT2D eigenvalue weighted by Crippen LogP contribution is -2.47. The fourth-order valence-electron chi connectivity index (χ4n) is 6.64. The number of fused-ring (bicyclic) bond motifs is 2. The summed E-state index contributed by atoms with van der Waals surface area (Å²) >= 11 is 0. The first-order valence-electron chi connectivity index (χ1n) is 17.2. The molecule has 0 bridgehead atoms. The molecule has 0 radical (unpaired) electrons. The van der Waals surface area contributed by atoms with E-state index in [-0.39, 0.29) is 48.3 Å². The fourth-order valence-corrected chi connectivity index (χ4v) is 6.64. The molecule has 3 aromatic carbocycles. The molecule has 3 amide bonds. The van der Waals surface area contributed by atoms with Crippen LogP contribution in [0.2, 0.25) is 0 Å². The highest BCUT2D eigenvalue weighted by Gasteiger charge is 2.27. The van der Waals surface area contributed by atoms with Crippen molar-refractivity contribution < 1.29 is 18.8 Å². The van der Waals surface area contributed by atoms with Crippen molar-refractivity contribution >= 4 is 45.2 Å². The third-order valence-corrected chi connectivity index (χ3v) is 9.48. The van der Waals surface area contributed by atoms with Crippen LogP contribution in [0.15, 0.2) is 83.9 Å². The SMILES string of the molecule is CC(C)c1cc(-c2cccc3cc(-c4ccc(C(=O)NCC#Cc5ccc(F)c(NC6CCC(=O)NC6=O)c5)nc4)ncc23)cc2c1n(C)c(=O)n2C. The van der Waals surface area contributed by atoms with Gasteiger partial charge in [0.25, 0.3) is 5.91 Å². The van der Waals surface area contributed by atoms with Gasteiger partial charge in [-0.1, -0.05) is 43.9 Å². The standard InChI is InChI=1S/C41H36FN7O4/c1-23(2)29-18-27(20-36-38(29)49(4)41(53)48(36)3)28-9-5-8-25-19-34(45-22-30(25)28)26-11-13-32(44-21-26)39(51)43-16-6-7-24-10-12-31(42)35(17-24)46-33-14-15-37(50)47-40(33)52/h5,8-13,17-23,33,46H,14-16H2,1-4H3,(H,43,51)(H,47,50,52). The summed E-state index contributed by atoms with van der Waals surface area (Å²) in [5.74, 6) is 4.13. The Balaban J connectivity index is 1.04. The Hall–Kier alpha value is -6.61. The molecule has 266 valence electrons. The van der Waals surface area contributed by atoms with Gasteiger partial charge in [0.05, 0.1) is 29.0 Å². The number of amides is 3. The van der Waals surface area contributed by atoms with Gasteiger partial charge in [0.2, 0.25) is 11.8 Å². The van der Waals surface area contributed by atoms with Crippen molar-refractivity contribution in [1.82, 2.24) is 29.7 Å². The van der Waals surface area contributed by atoms with Crippen LogP contribution < -0.4 is 21.6 Å². The lowest BCUT2D eigenvalue weighted by molar-refractivity contribution is -0.133. The number of pyridine rings is 2. The zero-order chi connectivity index (χ0) is 37.4. The van der Waals surface area contributed by atoms with Crippen LogP contribution in [0.5, 0.6) is 0 Å². The van der Waals surface area contributed by atoms with E-state index >= 15 is 0 Å². The summed E-state index contributed by atoms with van der Waals surface area (Å²) < 4.78 is 17.8. The molecule has 0 aliphatic carbocycles. The highest BCUT2D eigenvalue weighted by Crippen LogP contribution is 2.35. The maximum atomic E-state index is 14.4. The van der Waals surface area contributed by atoms with Gasteiger partial charge in [0.15, 0.2) is 0 Å². The normalized spacial score (nSPS) is 14.3. The minimum absolute atomic E-state index is 0.0241. The smallest absolute Gasteiger partial charge is 0.328 e.